The summed E-state index contributed by atoms with van der Waals surface area (Å²) in [5.74, 6) is -1.30. The summed E-state index contributed by atoms with van der Waals surface area (Å²) in [6.45, 7) is 2.27. The van der Waals surface area contributed by atoms with Gasteiger partial charge in [0.2, 0.25) is 5.91 Å². The van der Waals surface area contributed by atoms with E-state index in [4.69, 9.17) is 9.84 Å². The average Bonchev–Trinajstić information content (AvgIpc) is 2.69. The molecule has 4 nitrogen and oxygen atoms in total. The Balaban J connectivity index is 2.03. The third kappa shape index (κ3) is 2.74. The minimum absolute atomic E-state index is 0.0652. The van der Waals surface area contributed by atoms with Gasteiger partial charge in [-0.3, -0.25) is 4.79 Å². The standard InChI is InChI=1S/C12H14FNO3/c1-7-4-8(6-17-7)12(16)14-11-3-2-9(15)5-10(11)13/h2-3,5,7-8,15H,4,6H2,1H3,(H,14,16). The quantitative estimate of drug-likeness (QED) is 0.775. The molecule has 2 atom stereocenters. The highest BCUT2D eigenvalue weighted by Crippen LogP contribution is 2.23. The Bertz CT molecular complexity index is 436. The number of benzene rings is 1. The van der Waals surface area contributed by atoms with Crippen LogP contribution >= 0.6 is 0 Å². The zero-order chi connectivity index (χ0) is 12.4. The van der Waals surface area contributed by atoms with E-state index >= 15 is 0 Å². The minimum Gasteiger partial charge on any atom is -0.508 e. The number of halogens is 1. The van der Waals surface area contributed by atoms with Crippen molar-refractivity contribution in [2.75, 3.05) is 11.9 Å². The molecule has 5 heteroatoms. The van der Waals surface area contributed by atoms with Crippen LogP contribution in [0, 0.1) is 11.7 Å². The van der Waals surface area contributed by atoms with Crippen LogP contribution in [0.5, 0.6) is 5.75 Å². The molecule has 1 aromatic rings. The number of carbonyl (C=O) groups excluding carboxylic acids is 1. The summed E-state index contributed by atoms with van der Waals surface area (Å²) in [7, 11) is 0. The van der Waals surface area contributed by atoms with Gasteiger partial charge in [0.1, 0.15) is 11.6 Å². The number of amides is 1. The highest BCUT2D eigenvalue weighted by molar-refractivity contribution is 5.93. The summed E-state index contributed by atoms with van der Waals surface area (Å²) in [5, 5.41) is 11.5. The number of rotatable bonds is 2. The second-order valence-electron chi connectivity index (χ2n) is 4.23. The maximum Gasteiger partial charge on any atom is 0.229 e. The summed E-state index contributed by atoms with van der Waals surface area (Å²) in [6, 6.07) is 3.62. The van der Waals surface area contributed by atoms with E-state index in [1.807, 2.05) is 6.92 Å². The summed E-state index contributed by atoms with van der Waals surface area (Å²) in [4.78, 5) is 11.8. The van der Waals surface area contributed by atoms with E-state index in [1.54, 1.807) is 0 Å². The number of nitrogens with one attached hydrogen (secondary N) is 1. The van der Waals surface area contributed by atoms with Gasteiger partial charge in [-0.15, -0.1) is 0 Å². The Kier molecular flexibility index (Phi) is 3.28. The molecule has 0 radical (unpaired) electrons. The first-order valence-electron chi connectivity index (χ1n) is 5.47. The molecular weight excluding hydrogens is 225 g/mol. The molecule has 17 heavy (non-hydrogen) atoms. The first-order chi connectivity index (χ1) is 8.06. The van der Waals surface area contributed by atoms with Crippen molar-refractivity contribution >= 4 is 11.6 Å². The maximum absolute atomic E-state index is 13.4. The van der Waals surface area contributed by atoms with E-state index in [2.05, 4.69) is 5.32 Å². The van der Waals surface area contributed by atoms with E-state index in [0.717, 1.165) is 6.07 Å². The summed E-state index contributed by atoms with van der Waals surface area (Å²) in [6.07, 6.45) is 0.710. The zero-order valence-corrected chi connectivity index (χ0v) is 9.44. The highest BCUT2D eigenvalue weighted by atomic mass is 19.1. The van der Waals surface area contributed by atoms with E-state index < -0.39 is 5.82 Å². The number of phenolic OH excluding ortho intramolecular Hbond substituents is 1. The number of carbonyl (C=O) groups is 1. The van der Waals surface area contributed by atoms with Crippen molar-refractivity contribution in [3.05, 3.63) is 24.0 Å². The van der Waals surface area contributed by atoms with Gasteiger partial charge in [0.05, 0.1) is 24.3 Å². The van der Waals surface area contributed by atoms with Crippen LogP contribution in [-0.2, 0) is 9.53 Å². The Labute approximate surface area is 98.4 Å². The number of phenols is 1. The Hall–Kier alpha value is -1.62. The molecule has 2 N–H and O–H groups in total. The number of hydrogen-bond acceptors (Lipinski definition) is 3. The molecule has 0 aliphatic carbocycles. The lowest BCUT2D eigenvalue weighted by Crippen LogP contribution is -2.23. The fourth-order valence-electron chi connectivity index (χ4n) is 1.84. The Morgan fingerprint density at radius 1 is 1.59 bits per heavy atom. The van der Waals surface area contributed by atoms with Crippen molar-refractivity contribution in [2.45, 2.75) is 19.4 Å². The minimum atomic E-state index is -0.648. The topological polar surface area (TPSA) is 58.6 Å². The normalized spacial score (nSPS) is 23.6. The van der Waals surface area contributed by atoms with Crippen LogP contribution in [-0.4, -0.2) is 23.7 Å². The van der Waals surface area contributed by atoms with Crippen LogP contribution in [0.1, 0.15) is 13.3 Å². The van der Waals surface area contributed by atoms with Crippen LogP contribution in [0.25, 0.3) is 0 Å². The van der Waals surface area contributed by atoms with Gasteiger partial charge < -0.3 is 15.2 Å². The van der Waals surface area contributed by atoms with Gasteiger partial charge in [0.15, 0.2) is 0 Å². The number of ether oxygens (including phenoxy) is 1. The first kappa shape index (κ1) is 11.9. The van der Waals surface area contributed by atoms with Gasteiger partial charge in [-0.2, -0.15) is 0 Å². The second kappa shape index (κ2) is 4.71. The van der Waals surface area contributed by atoms with E-state index in [-0.39, 0.29) is 29.4 Å². The monoisotopic (exact) mass is 239 g/mol. The maximum atomic E-state index is 13.4. The zero-order valence-electron chi connectivity index (χ0n) is 9.44. The third-order valence-electron chi connectivity index (χ3n) is 2.78. The lowest BCUT2D eigenvalue weighted by molar-refractivity contribution is -0.119. The van der Waals surface area contributed by atoms with Crippen LogP contribution in [0.4, 0.5) is 10.1 Å². The molecule has 1 aromatic carbocycles. The molecule has 1 saturated heterocycles. The van der Waals surface area contributed by atoms with Crippen molar-refractivity contribution in [1.29, 1.82) is 0 Å². The molecule has 1 amide bonds. The number of aromatic hydroxyl groups is 1. The van der Waals surface area contributed by atoms with E-state index in [1.165, 1.54) is 12.1 Å². The molecule has 0 saturated carbocycles. The molecule has 2 rings (SSSR count). The second-order valence-corrected chi connectivity index (χ2v) is 4.23. The smallest absolute Gasteiger partial charge is 0.229 e. The van der Waals surface area contributed by atoms with Crippen molar-refractivity contribution in [3.63, 3.8) is 0 Å². The molecule has 1 aliphatic heterocycles. The molecule has 1 aliphatic rings. The van der Waals surface area contributed by atoms with Crippen LogP contribution in [0.3, 0.4) is 0 Å². The molecule has 0 spiro atoms. The Morgan fingerprint density at radius 3 is 2.94 bits per heavy atom. The lowest BCUT2D eigenvalue weighted by Gasteiger charge is -2.10. The molecule has 92 valence electrons. The predicted molar refractivity (Wildman–Crippen MR) is 60.2 cm³/mol. The lowest BCUT2D eigenvalue weighted by atomic mass is 10.1. The van der Waals surface area contributed by atoms with Gasteiger partial charge in [-0.1, -0.05) is 0 Å². The largest absolute Gasteiger partial charge is 0.508 e. The van der Waals surface area contributed by atoms with Gasteiger partial charge >= 0.3 is 0 Å². The highest BCUT2D eigenvalue weighted by Gasteiger charge is 2.28. The van der Waals surface area contributed by atoms with Gasteiger partial charge in [-0.05, 0) is 25.5 Å². The van der Waals surface area contributed by atoms with Crippen molar-refractivity contribution < 1.29 is 19.0 Å². The summed E-state index contributed by atoms with van der Waals surface area (Å²) in [5.41, 5.74) is 0.0763. The van der Waals surface area contributed by atoms with Crippen molar-refractivity contribution in [1.82, 2.24) is 0 Å². The molecule has 0 aromatic heterocycles. The third-order valence-corrected chi connectivity index (χ3v) is 2.78. The Morgan fingerprint density at radius 2 is 2.35 bits per heavy atom. The first-order valence-corrected chi connectivity index (χ1v) is 5.47. The molecule has 2 unspecified atom stereocenters. The number of hydrogen-bond donors (Lipinski definition) is 2. The fraction of sp³-hybridized carbons (Fsp3) is 0.417. The molecule has 1 fully saturated rings. The molecular formula is C12H14FNO3. The summed E-state index contributed by atoms with van der Waals surface area (Å²) >= 11 is 0. The predicted octanol–water partition coefficient (Wildman–Crippen LogP) is 1.89. The van der Waals surface area contributed by atoms with Crippen LogP contribution in [0.2, 0.25) is 0 Å². The average molecular weight is 239 g/mol. The number of anilines is 1. The van der Waals surface area contributed by atoms with Gasteiger partial charge in [-0.25, -0.2) is 4.39 Å². The van der Waals surface area contributed by atoms with E-state index in [9.17, 15) is 9.18 Å². The van der Waals surface area contributed by atoms with E-state index in [0.29, 0.717) is 13.0 Å². The van der Waals surface area contributed by atoms with Crippen molar-refractivity contribution in [2.24, 2.45) is 5.92 Å². The fourth-order valence-corrected chi connectivity index (χ4v) is 1.84. The SMILES string of the molecule is CC1CC(C(=O)Nc2ccc(O)cc2F)CO1. The van der Waals surface area contributed by atoms with Gasteiger partial charge in [0.25, 0.3) is 0 Å². The van der Waals surface area contributed by atoms with Crippen molar-refractivity contribution in [3.8, 4) is 5.75 Å². The van der Waals surface area contributed by atoms with Crippen LogP contribution < -0.4 is 5.32 Å². The van der Waals surface area contributed by atoms with Crippen LogP contribution in [0.15, 0.2) is 18.2 Å². The summed E-state index contributed by atoms with van der Waals surface area (Å²) < 4.78 is 18.6. The molecule has 0 bridgehead atoms. The molecule has 1 heterocycles. The van der Waals surface area contributed by atoms with Gasteiger partial charge in [0, 0.05) is 6.07 Å².